The maximum Gasteiger partial charge on any atom is 0.272 e. The molecule has 0 radical (unpaired) electrons. The standard InChI is InChI=1S/C21H16F2N4O/c22-16-6-5-11(7-14(16)15-9-18(24)19(25)10-17(15)23)8-20-12-3-1-2-4-13(12)21(28)27-26-20/h1-7,9-10H,8,24-25H2,(H,27,28). The molecule has 1 heterocycles. The number of nitrogens with two attached hydrogens (primary N) is 2. The second-order valence-electron chi connectivity index (χ2n) is 6.50. The minimum absolute atomic E-state index is 0.0327. The number of hydrogen-bond donors (Lipinski definition) is 3. The van der Waals surface area contributed by atoms with Crippen molar-refractivity contribution in [3.63, 3.8) is 0 Å². The highest BCUT2D eigenvalue weighted by molar-refractivity contribution is 5.83. The lowest BCUT2D eigenvalue weighted by Gasteiger charge is -2.11. The Balaban J connectivity index is 1.80. The Bertz CT molecular complexity index is 1270. The number of nitrogens with one attached hydrogen (secondary N) is 1. The second-order valence-corrected chi connectivity index (χ2v) is 6.50. The third kappa shape index (κ3) is 3.07. The van der Waals surface area contributed by atoms with Gasteiger partial charge in [-0.1, -0.05) is 24.3 Å². The Morgan fingerprint density at radius 1 is 0.857 bits per heavy atom. The number of nitrogen functional groups attached to an aromatic ring is 2. The van der Waals surface area contributed by atoms with Gasteiger partial charge in [-0.25, -0.2) is 13.9 Å². The van der Waals surface area contributed by atoms with Gasteiger partial charge in [0.15, 0.2) is 0 Å². The summed E-state index contributed by atoms with van der Waals surface area (Å²) in [7, 11) is 0. The topological polar surface area (TPSA) is 97.8 Å². The van der Waals surface area contributed by atoms with E-state index >= 15 is 0 Å². The molecule has 0 fully saturated rings. The van der Waals surface area contributed by atoms with Crippen LogP contribution in [0.1, 0.15) is 11.3 Å². The summed E-state index contributed by atoms with van der Waals surface area (Å²) in [5.74, 6) is -1.23. The summed E-state index contributed by atoms with van der Waals surface area (Å²) in [4.78, 5) is 11.9. The van der Waals surface area contributed by atoms with Crippen LogP contribution in [0.3, 0.4) is 0 Å². The van der Waals surface area contributed by atoms with Gasteiger partial charge in [0.2, 0.25) is 0 Å². The number of H-pyrrole nitrogens is 1. The van der Waals surface area contributed by atoms with Crippen LogP contribution in [0.5, 0.6) is 0 Å². The van der Waals surface area contributed by atoms with Gasteiger partial charge in [-0.05, 0) is 35.9 Å². The van der Waals surface area contributed by atoms with Crippen molar-refractivity contribution in [2.75, 3.05) is 11.5 Å². The largest absolute Gasteiger partial charge is 0.397 e. The van der Waals surface area contributed by atoms with Gasteiger partial charge in [-0.2, -0.15) is 5.10 Å². The average molecular weight is 378 g/mol. The van der Waals surface area contributed by atoms with Crippen molar-refractivity contribution in [1.82, 2.24) is 10.2 Å². The fourth-order valence-corrected chi connectivity index (χ4v) is 3.20. The summed E-state index contributed by atoms with van der Waals surface area (Å²) in [5, 5.41) is 7.83. The van der Waals surface area contributed by atoms with E-state index < -0.39 is 11.6 Å². The van der Waals surface area contributed by atoms with Crippen LogP contribution in [-0.2, 0) is 6.42 Å². The van der Waals surface area contributed by atoms with Crippen molar-refractivity contribution in [1.29, 1.82) is 0 Å². The van der Waals surface area contributed by atoms with E-state index in [0.29, 0.717) is 28.5 Å². The van der Waals surface area contributed by atoms with Crippen molar-refractivity contribution in [3.8, 4) is 11.1 Å². The molecule has 7 heteroatoms. The molecule has 5 N–H and O–H groups in total. The Hall–Kier alpha value is -3.74. The fraction of sp³-hybridized carbons (Fsp3) is 0.0476. The van der Waals surface area contributed by atoms with Crippen molar-refractivity contribution < 1.29 is 8.78 Å². The first kappa shape index (κ1) is 17.7. The van der Waals surface area contributed by atoms with Gasteiger partial charge in [0.1, 0.15) is 11.6 Å². The van der Waals surface area contributed by atoms with Gasteiger partial charge in [0.05, 0.1) is 22.5 Å². The molecule has 0 saturated heterocycles. The van der Waals surface area contributed by atoms with E-state index in [0.717, 1.165) is 6.07 Å². The number of hydrogen-bond acceptors (Lipinski definition) is 4. The van der Waals surface area contributed by atoms with E-state index in [-0.39, 0.29) is 28.1 Å². The van der Waals surface area contributed by atoms with Crippen molar-refractivity contribution in [3.05, 3.63) is 87.8 Å². The van der Waals surface area contributed by atoms with E-state index in [1.54, 1.807) is 30.3 Å². The monoisotopic (exact) mass is 378 g/mol. The van der Waals surface area contributed by atoms with Gasteiger partial charge in [-0.15, -0.1) is 0 Å². The van der Waals surface area contributed by atoms with Gasteiger partial charge >= 0.3 is 0 Å². The quantitative estimate of drug-likeness (QED) is 0.474. The number of halogens is 2. The van der Waals surface area contributed by atoms with Crippen LogP contribution in [0.15, 0.2) is 59.4 Å². The first-order valence-corrected chi connectivity index (χ1v) is 8.53. The van der Waals surface area contributed by atoms with Crippen LogP contribution in [0.4, 0.5) is 20.2 Å². The van der Waals surface area contributed by atoms with E-state index in [2.05, 4.69) is 10.2 Å². The number of aromatic amines is 1. The molecule has 4 rings (SSSR count). The highest BCUT2D eigenvalue weighted by atomic mass is 19.1. The molecule has 3 aromatic carbocycles. The molecular weight excluding hydrogens is 362 g/mol. The molecule has 0 aliphatic heterocycles. The van der Waals surface area contributed by atoms with Crippen LogP contribution in [0.25, 0.3) is 21.9 Å². The molecule has 0 atom stereocenters. The third-order valence-electron chi connectivity index (χ3n) is 4.64. The highest BCUT2D eigenvalue weighted by Crippen LogP contribution is 2.31. The Morgan fingerprint density at radius 3 is 2.32 bits per heavy atom. The maximum absolute atomic E-state index is 14.4. The van der Waals surface area contributed by atoms with Gasteiger partial charge in [0, 0.05) is 22.9 Å². The van der Waals surface area contributed by atoms with Crippen LogP contribution in [-0.4, -0.2) is 10.2 Å². The summed E-state index contributed by atoms with van der Waals surface area (Å²) in [6.07, 6.45) is 0.330. The molecule has 0 aliphatic rings. The molecule has 1 aromatic heterocycles. The SMILES string of the molecule is Nc1cc(F)c(-c2cc(Cc3n[nH]c(=O)c4ccccc34)ccc2F)cc1N. The first-order chi connectivity index (χ1) is 13.4. The zero-order chi connectivity index (χ0) is 19.8. The summed E-state index contributed by atoms with van der Waals surface area (Å²) >= 11 is 0. The highest BCUT2D eigenvalue weighted by Gasteiger charge is 2.14. The lowest BCUT2D eigenvalue weighted by Crippen LogP contribution is -2.11. The fourth-order valence-electron chi connectivity index (χ4n) is 3.20. The van der Waals surface area contributed by atoms with Gasteiger partial charge in [0.25, 0.3) is 5.56 Å². The molecule has 5 nitrogen and oxygen atoms in total. The van der Waals surface area contributed by atoms with Crippen molar-refractivity contribution >= 4 is 22.1 Å². The summed E-state index contributed by atoms with van der Waals surface area (Å²) in [6.45, 7) is 0. The van der Waals surface area contributed by atoms with E-state index in [4.69, 9.17) is 11.5 Å². The number of anilines is 2. The summed E-state index contributed by atoms with van der Waals surface area (Å²) in [5.41, 5.74) is 12.8. The van der Waals surface area contributed by atoms with Crippen LogP contribution < -0.4 is 17.0 Å². The predicted molar refractivity (Wildman–Crippen MR) is 106 cm³/mol. The molecule has 28 heavy (non-hydrogen) atoms. The number of rotatable bonds is 3. The van der Waals surface area contributed by atoms with Crippen molar-refractivity contribution in [2.45, 2.75) is 6.42 Å². The third-order valence-corrected chi connectivity index (χ3v) is 4.64. The van der Waals surface area contributed by atoms with Crippen molar-refractivity contribution in [2.24, 2.45) is 0 Å². The number of nitrogens with zero attached hydrogens (tertiary/aromatic N) is 1. The van der Waals surface area contributed by atoms with Gasteiger partial charge < -0.3 is 11.5 Å². The second kappa shape index (κ2) is 6.77. The maximum atomic E-state index is 14.4. The number of aromatic nitrogens is 2. The van der Waals surface area contributed by atoms with Crippen LogP contribution in [0.2, 0.25) is 0 Å². The molecule has 0 spiro atoms. The zero-order valence-corrected chi connectivity index (χ0v) is 14.7. The molecular formula is C21H16F2N4O. The Labute approximate surface area is 158 Å². The van der Waals surface area contributed by atoms with Gasteiger partial charge in [-0.3, -0.25) is 4.79 Å². The van der Waals surface area contributed by atoms with Crippen LogP contribution in [0, 0.1) is 11.6 Å². The Kier molecular flexibility index (Phi) is 4.27. The predicted octanol–water partition coefficient (Wildman–Crippen LogP) is 3.62. The molecule has 0 saturated carbocycles. The summed E-state index contributed by atoms with van der Waals surface area (Å²) in [6, 6.07) is 13.9. The number of benzene rings is 3. The molecule has 0 amide bonds. The van der Waals surface area contributed by atoms with E-state index in [9.17, 15) is 13.6 Å². The van der Waals surface area contributed by atoms with E-state index in [1.807, 2.05) is 6.07 Å². The minimum Gasteiger partial charge on any atom is -0.397 e. The lowest BCUT2D eigenvalue weighted by molar-refractivity contribution is 0.616. The molecule has 4 aromatic rings. The van der Waals surface area contributed by atoms with E-state index in [1.165, 1.54) is 12.1 Å². The molecule has 0 bridgehead atoms. The molecule has 0 unspecified atom stereocenters. The molecule has 0 aliphatic carbocycles. The zero-order valence-electron chi connectivity index (χ0n) is 14.7. The summed E-state index contributed by atoms with van der Waals surface area (Å²) < 4.78 is 28.8. The minimum atomic E-state index is -0.657. The smallest absolute Gasteiger partial charge is 0.272 e. The molecule has 140 valence electrons. The van der Waals surface area contributed by atoms with Crippen LogP contribution >= 0.6 is 0 Å². The Morgan fingerprint density at radius 2 is 1.54 bits per heavy atom. The first-order valence-electron chi connectivity index (χ1n) is 8.53. The normalized spacial score (nSPS) is 11.1. The number of fused-ring (bicyclic) bond motifs is 1. The average Bonchev–Trinajstić information content (AvgIpc) is 2.69. The lowest BCUT2D eigenvalue weighted by atomic mass is 9.98.